The van der Waals surface area contributed by atoms with Crippen molar-refractivity contribution in [2.24, 2.45) is 0 Å². The molecular weight excluding hydrogens is 688 g/mol. The molecule has 3 heteroatoms. The summed E-state index contributed by atoms with van der Waals surface area (Å²) < 4.78 is 0. The number of hydrogen-bond donors (Lipinski definition) is 0. The Bertz CT molecular complexity index is 1780. The van der Waals surface area contributed by atoms with Crippen LogP contribution in [0.2, 0.25) is 5.02 Å². The van der Waals surface area contributed by atoms with E-state index in [1.54, 1.807) is 0 Å². The van der Waals surface area contributed by atoms with Gasteiger partial charge in [0.05, 0.1) is 16.4 Å². The number of benzene rings is 5. The maximum atomic E-state index is 7.94. The predicted molar refractivity (Wildman–Crippen MR) is 241 cm³/mol. The molecule has 0 saturated heterocycles. The first-order valence-electron chi connectivity index (χ1n) is 20.6. The van der Waals surface area contributed by atoms with Gasteiger partial charge in [0.1, 0.15) is 0 Å². The topological polar surface area (TPSA) is 6.48 Å². The van der Waals surface area contributed by atoms with Crippen molar-refractivity contribution < 1.29 is 0 Å². The molecule has 0 bridgehead atoms. The summed E-state index contributed by atoms with van der Waals surface area (Å²) in [7, 11) is 0. The Morgan fingerprint density at radius 2 is 0.655 bits per heavy atom. The lowest BCUT2D eigenvalue weighted by Crippen LogP contribution is -2.18. The molecule has 1 aliphatic rings. The van der Waals surface area contributed by atoms with Crippen LogP contribution in [0, 0.1) is 0 Å². The summed E-state index contributed by atoms with van der Waals surface area (Å²) in [6.07, 6.45) is 6.22. The van der Waals surface area contributed by atoms with Crippen molar-refractivity contribution in [2.75, 3.05) is 9.80 Å². The highest BCUT2D eigenvalue weighted by atomic mass is 35.5. The van der Waals surface area contributed by atoms with Crippen LogP contribution in [0.25, 0.3) is 0 Å². The van der Waals surface area contributed by atoms with E-state index in [2.05, 4.69) is 202 Å². The normalized spacial score (nSPS) is 14.6. The molecule has 2 nitrogen and oxygen atoms in total. The lowest BCUT2D eigenvalue weighted by Gasteiger charge is -2.34. The van der Waals surface area contributed by atoms with Gasteiger partial charge in [-0.25, -0.2) is 0 Å². The van der Waals surface area contributed by atoms with Gasteiger partial charge in [0.25, 0.3) is 0 Å². The second-order valence-corrected chi connectivity index (χ2v) is 20.4. The van der Waals surface area contributed by atoms with Crippen molar-refractivity contribution in [3.8, 4) is 0 Å². The summed E-state index contributed by atoms with van der Waals surface area (Å²) in [5.74, 6) is 0.477. The van der Waals surface area contributed by atoms with Crippen molar-refractivity contribution in [1.82, 2.24) is 0 Å². The molecule has 0 heterocycles. The van der Waals surface area contributed by atoms with Crippen LogP contribution in [0.3, 0.4) is 0 Å². The van der Waals surface area contributed by atoms with E-state index in [1.807, 2.05) is 0 Å². The Labute approximate surface area is 339 Å². The van der Waals surface area contributed by atoms with Gasteiger partial charge in [-0.15, -0.1) is 0 Å². The van der Waals surface area contributed by atoms with Crippen molar-refractivity contribution in [2.45, 2.75) is 143 Å². The minimum atomic E-state index is 0.0506. The summed E-state index contributed by atoms with van der Waals surface area (Å²) in [5, 5.41) is 0.735. The fourth-order valence-corrected chi connectivity index (χ4v) is 8.19. The lowest BCUT2D eigenvalue weighted by molar-refractivity contribution is 0.444. The second-order valence-electron chi connectivity index (χ2n) is 20.1. The lowest BCUT2D eigenvalue weighted by atomic mass is 9.83. The van der Waals surface area contributed by atoms with Gasteiger partial charge in [0.15, 0.2) is 0 Å². The average molecular weight is 754 g/mol. The van der Waals surface area contributed by atoms with Gasteiger partial charge >= 0.3 is 0 Å². The summed E-state index contributed by atoms with van der Waals surface area (Å²) in [6, 6.07) is 41.3. The summed E-state index contributed by atoms with van der Waals surface area (Å²) in [6.45, 7) is 27.3. The molecule has 1 fully saturated rings. The summed E-state index contributed by atoms with van der Waals surface area (Å²) in [4.78, 5) is 4.78. The molecule has 0 aromatic heterocycles. The van der Waals surface area contributed by atoms with Gasteiger partial charge in [-0.05, 0) is 129 Å². The van der Waals surface area contributed by atoms with Crippen LogP contribution in [0.4, 0.5) is 34.1 Å². The van der Waals surface area contributed by atoms with Crippen LogP contribution in [0.15, 0.2) is 109 Å². The smallest absolute Gasteiger partial charge is 0.0887 e. The van der Waals surface area contributed by atoms with Gasteiger partial charge in [-0.3, -0.25) is 0 Å². The van der Waals surface area contributed by atoms with Crippen LogP contribution >= 0.6 is 11.6 Å². The Hall–Kier alpha value is -4.01. The Morgan fingerprint density at radius 3 is 0.891 bits per heavy atom. The molecule has 0 amide bonds. The van der Waals surface area contributed by atoms with Crippen LogP contribution in [-0.2, 0) is 21.7 Å². The zero-order valence-electron chi connectivity index (χ0n) is 35.8. The van der Waals surface area contributed by atoms with Crippen LogP contribution in [0.5, 0.6) is 0 Å². The molecule has 0 spiro atoms. The van der Waals surface area contributed by atoms with E-state index in [9.17, 15) is 0 Å². The Morgan fingerprint density at radius 1 is 0.400 bits per heavy atom. The molecular formula is C52H65ClN2. The van der Waals surface area contributed by atoms with E-state index in [0.717, 1.165) is 39.1 Å². The SMILES string of the molecule is CC(C)(C)c1ccc(N(c2ccc(C(C)(C)C)cc2)c2cc(C3CCCCC3)cc(N(c3ccc(C(C)(C)C)cc3)c3ccc(C(C)(C)C)cc3)c2Cl)cc1. The molecule has 1 aliphatic carbocycles. The van der Waals surface area contributed by atoms with Gasteiger partial charge in [0, 0.05) is 22.7 Å². The molecule has 0 atom stereocenters. The van der Waals surface area contributed by atoms with Crippen LogP contribution < -0.4 is 9.80 Å². The second kappa shape index (κ2) is 15.5. The first-order valence-corrected chi connectivity index (χ1v) is 21.0. The molecule has 5 aromatic carbocycles. The third-order valence-electron chi connectivity index (χ3n) is 11.6. The molecule has 55 heavy (non-hydrogen) atoms. The van der Waals surface area contributed by atoms with Gasteiger partial charge in [0.2, 0.25) is 0 Å². The largest absolute Gasteiger partial charge is 0.309 e. The standard InChI is InChI=1S/C52H65ClN2/c1-49(2,3)38-18-26-42(27-19-38)54(43-28-20-39(21-29-43)50(4,5)6)46-34-37(36-16-14-13-15-17-36)35-47(48(46)53)55(44-30-22-40(23-31-44)51(7,8)9)45-32-24-41(25-33-45)52(10,11)12/h18-36H,13-17H2,1-12H3. The molecule has 0 aliphatic heterocycles. The van der Waals surface area contributed by atoms with Crippen molar-refractivity contribution >= 4 is 45.7 Å². The van der Waals surface area contributed by atoms with Crippen molar-refractivity contribution in [3.05, 3.63) is 142 Å². The monoisotopic (exact) mass is 752 g/mol. The first-order chi connectivity index (χ1) is 25.7. The van der Waals surface area contributed by atoms with Crippen LogP contribution in [-0.4, -0.2) is 0 Å². The van der Waals surface area contributed by atoms with E-state index >= 15 is 0 Å². The third kappa shape index (κ3) is 9.18. The number of hydrogen-bond acceptors (Lipinski definition) is 2. The average Bonchev–Trinajstić information content (AvgIpc) is 3.13. The molecule has 290 valence electrons. The minimum absolute atomic E-state index is 0.0506. The fraction of sp³-hybridized carbons (Fsp3) is 0.423. The summed E-state index contributed by atoms with van der Waals surface area (Å²) >= 11 is 7.94. The van der Waals surface area contributed by atoms with Crippen molar-refractivity contribution in [3.63, 3.8) is 0 Å². The molecule has 0 radical (unpaired) electrons. The molecule has 1 saturated carbocycles. The fourth-order valence-electron chi connectivity index (χ4n) is 7.91. The third-order valence-corrected chi connectivity index (χ3v) is 12.0. The molecule has 5 aromatic rings. The maximum Gasteiger partial charge on any atom is 0.0887 e. The van der Waals surface area contributed by atoms with Gasteiger partial charge in [-0.2, -0.15) is 0 Å². The Balaban J connectivity index is 1.63. The number of rotatable bonds is 7. The quantitative estimate of drug-likeness (QED) is 0.163. The molecule has 0 unspecified atom stereocenters. The molecule has 6 rings (SSSR count). The van der Waals surface area contributed by atoms with E-state index in [4.69, 9.17) is 11.6 Å². The van der Waals surface area contributed by atoms with E-state index in [1.165, 1.54) is 59.9 Å². The van der Waals surface area contributed by atoms with E-state index in [0.29, 0.717) is 5.92 Å². The van der Waals surface area contributed by atoms with Gasteiger partial charge in [-0.1, -0.05) is 162 Å². The number of anilines is 6. The van der Waals surface area contributed by atoms with E-state index in [-0.39, 0.29) is 21.7 Å². The highest BCUT2D eigenvalue weighted by molar-refractivity contribution is 6.36. The highest BCUT2D eigenvalue weighted by Gasteiger charge is 2.28. The predicted octanol–water partition coefficient (Wildman–Crippen LogP) is 16.5. The Kier molecular flexibility index (Phi) is 11.5. The number of halogens is 1. The number of nitrogens with zero attached hydrogens (tertiary/aromatic N) is 2. The van der Waals surface area contributed by atoms with Gasteiger partial charge < -0.3 is 9.80 Å². The zero-order chi connectivity index (χ0) is 39.9. The summed E-state index contributed by atoms with van der Waals surface area (Å²) in [5.41, 5.74) is 13.2. The highest BCUT2D eigenvalue weighted by Crippen LogP contribution is 2.50. The first kappa shape index (κ1) is 40.6. The molecule has 0 N–H and O–H groups in total. The zero-order valence-corrected chi connectivity index (χ0v) is 36.5. The van der Waals surface area contributed by atoms with Crippen LogP contribution in [0.1, 0.15) is 149 Å². The van der Waals surface area contributed by atoms with E-state index < -0.39 is 0 Å². The van der Waals surface area contributed by atoms with Crippen molar-refractivity contribution in [1.29, 1.82) is 0 Å². The minimum Gasteiger partial charge on any atom is -0.309 e. The maximum absolute atomic E-state index is 7.94.